The van der Waals surface area contributed by atoms with Crippen LogP contribution in [0.3, 0.4) is 0 Å². The summed E-state index contributed by atoms with van der Waals surface area (Å²) < 4.78 is 0.831. The van der Waals surface area contributed by atoms with Gasteiger partial charge in [-0.1, -0.05) is 76.7 Å². The lowest BCUT2D eigenvalue weighted by atomic mass is 10.1. The van der Waals surface area contributed by atoms with Crippen molar-refractivity contribution in [3.8, 4) is 0 Å². The summed E-state index contributed by atoms with van der Waals surface area (Å²) in [5.74, 6) is 0.201. The van der Waals surface area contributed by atoms with Crippen LogP contribution in [0.5, 0.6) is 0 Å². The molecular formula is C55H58Cl4N7O4+. The SMILES string of the molecule is C[N+](=O)c1ccc(N2CCN(C(=O)c3ccc(Cl)c(Cl)c3)CC2)cc1.Cc1ccc(C(=O)N2CCN(c3ccc(Cl)cc3)CC2)cc1C.Cc1ccc(N2CCN(C(=O)c3ccccc3)CC2)cc1Cl. The molecule has 6 aromatic carbocycles. The fraction of sp³-hybridized carbons (Fsp3) is 0.291. The third-order valence-corrected chi connectivity index (χ3v) is 14.3. The van der Waals surface area contributed by atoms with Gasteiger partial charge in [0, 0.05) is 144 Å². The molecule has 0 radical (unpaired) electrons. The van der Waals surface area contributed by atoms with Crippen molar-refractivity contribution in [1.82, 2.24) is 14.7 Å². The molecule has 0 aromatic heterocycles. The number of nitrogens with zero attached hydrogens (tertiary/aromatic N) is 7. The molecule has 0 unspecified atom stereocenters. The maximum absolute atomic E-state index is 12.6. The van der Waals surface area contributed by atoms with E-state index in [2.05, 4.69) is 27.7 Å². The normalized spacial score (nSPS) is 14.8. The number of carbonyl (C=O) groups is 3. The van der Waals surface area contributed by atoms with Gasteiger partial charge in [-0.15, -0.1) is 0 Å². The summed E-state index contributed by atoms with van der Waals surface area (Å²) in [6, 6.07) is 41.8. The average molecular weight is 1020 g/mol. The monoisotopic (exact) mass is 1020 g/mol. The van der Waals surface area contributed by atoms with Crippen molar-refractivity contribution < 1.29 is 19.1 Å². The van der Waals surface area contributed by atoms with E-state index in [-0.39, 0.29) is 17.7 Å². The van der Waals surface area contributed by atoms with E-state index < -0.39 is 0 Å². The topological polar surface area (TPSA) is 90.7 Å². The highest BCUT2D eigenvalue weighted by atomic mass is 35.5. The number of rotatable bonds is 7. The summed E-state index contributed by atoms with van der Waals surface area (Å²) in [6.07, 6.45) is 0. The van der Waals surface area contributed by atoms with Gasteiger partial charge >= 0.3 is 0 Å². The van der Waals surface area contributed by atoms with Gasteiger partial charge in [0.05, 0.1) is 10.0 Å². The van der Waals surface area contributed by atoms with Crippen molar-refractivity contribution in [3.05, 3.63) is 192 Å². The Bertz CT molecular complexity index is 2770. The van der Waals surface area contributed by atoms with Crippen LogP contribution >= 0.6 is 46.4 Å². The van der Waals surface area contributed by atoms with Gasteiger partial charge in [0.1, 0.15) is 0 Å². The number of hydrogen-bond donors (Lipinski definition) is 0. The number of carbonyl (C=O) groups excluding carboxylic acids is 3. The lowest BCUT2D eigenvalue weighted by Crippen LogP contribution is -2.48. The van der Waals surface area contributed by atoms with Crippen LogP contribution in [-0.4, -0.2) is 123 Å². The Morgan fingerprint density at radius 2 is 0.829 bits per heavy atom. The van der Waals surface area contributed by atoms with Crippen molar-refractivity contribution in [3.63, 3.8) is 0 Å². The summed E-state index contributed by atoms with van der Waals surface area (Å²) in [5.41, 5.74) is 9.51. The summed E-state index contributed by atoms with van der Waals surface area (Å²) in [6.45, 7) is 15.2. The molecule has 11 nitrogen and oxygen atoms in total. The van der Waals surface area contributed by atoms with E-state index >= 15 is 0 Å². The highest BCUT2D eigenvalue weighted by molar-refractivity contribution is 6.42. The quantitative estimate of drug-likeness (QED) is 0.147. The summed E-state index contributed by atoms with van der Waals surface area (Å²) in [5, 5.41) is 2.36. The smallest absolute Gasteiger partial charge is 0.255 e. The van der Waals surface area contributed by atoms with Crippen LogP contribution in [0.4, 0.5) is 22.7 Å². The van der Waals surface area contributed by atoms with Crippen LogP contribution in [0.2, 0.25) is 20.1 Å². The predicted molar refractivity (Wildman–Crippen MR) is 286 cm³/mol. The number of nitroso groups, excluding NO2 is 1. The van der Waals surface area contributed by atoms with Crippen LogP contribution in [0.15, 0.2) is 133 Å². The maximum atomic E-state index is 12.6. The van der Waals surface area contributed by atoms with Crippen LogP contribution in [0.25, 0.3) is 0 Å². The first kappa shape index (κ1) is 51.7. The molecule has 9 rings (SSSR count). The highest BCUT2D eigenvalue weighted by Crippen LogP contribution is 2.27. The van der Waals surface area contributed by atoms with Crippen LogP contribution in [0.1, 0.15) is 47.8 Å². The zero-order valence-corrected chi connectivity index (χ0v) is 43.0. The van der Waals surface area contributed by atoms with Crippen LogP contribution in [-0.2, 0) is 0 Å². The minimum absolute atomic E-state index is 0.0402. The first-order valence-electron chi connectivity index (χ1n) is 23.4. The Kier molecular flexibility index (Phi) is 17.8. The van der Waals surface area contributed by atoms with Crippen LogP contribution in [0, 0.1) is 25.7 Å². The average Bonchev–Trinajstić information content (AvgIpc) is 3.39. The van der Waals surface area contributed by atoms with E-state index in [0.717, 1.165) is 120 Å². The molecular weight excluding hydrogens is 964 g/mol. The molecule has 70 heavy (non-hydrogen) atoms. The minimum atomic E-state index is -0.0402. The molecule has 3 amide bonds. The van der Waals surface area contributed by atoms with E-state index in [0.29, 0.717) is 34.4 Å². The van der Waals surface area contributed by atoms with Gasteiger partial charge in [-0.2, -0.15) is 0 Å². The number of hydrogen-bond acceptors (Lipinski definition) is 7. The van der Waals surface area contributed by atoms with E-state index in [1.807, 2.05) is 126 Å². The number of anilines is 3. The lowest BCUT2D eigenvalue weighted by molar-refractivity contribution is -0.428. The molecule has 3 aliphatic heterocycles. The van der Waals surface area contributed by atoms with E-state index in [9.17, 15) is 19.3 Å². The van der Waals surface area contributed by atoms with Gasteiger partial charge in [-0.25, -0.2) is 0 Å². The molecule has 0 saturated carbocycles. The summed E-state index contributed by atoms with van der Waals surface area (Å²) in [4.78, 5) is 61.4. The molecule has 0 spiro atoms. The molecule has 0 atom stereocenters. The first-order chi connectivity index (χ1) is 33.6. The Morgan fingerprint density at radius 1 is 0.400 bits per heavy atom. The van der Waals surface area contributed by atoms with E-state index in [1.165, 1.54) is 12.6 Å². The molecule has 6 aromatic rings. The Morgan fingerprint density at radius 3 is 1.30 bits per heavy atom. The van der Waals surface area contributed by atoms with Gasteiger partial charge in [0.25, 0.3) is 23.4 Å². The molecule has 3 heterocycles. The first-order valence-corrected chi connectivity index (χ1v) is 24.9. The molecule has 0 aliphatic carbocycles. The zero-order valence-electron chi connectivity index (χ0n) is 40.0. The minimum Gasteiger partial charge on any atom is -0.368 e. The second-order valence-electron chi connectivity index (χ2n) is 17.6. The zero-order chi connectivity index (χ0) is 49.9. The summed E-state index contributed by atoms with van der Waals surface area (Å²) >= 11 is 24.0. The Hall–Kier alpha value is -6.11. The second-order valence-corrected chi connectivity index (χ2v) is 19.2. The third-order valence-electron chi connectivity index (χ3n) is 12.9. The molecule has 3 saturated heterocycles. The van der Waals surface area contributed by atoms with Gasteiger partial charge in [-0.3, -0.25) is 14.4 Å². The molecule has 0 bridgehead atoms. The fourth-order valence-electron chi connectivity index (χ4n) is 8.44. The van der Waals surface area contributed by atoms with Gasteiger partial charge in [0.2, 0.25) is 0 Å². The Balaban J connectivity index is 0.000000155. The second kappa shape index (κ2) is 24.1. The number of benzene rings is 6. The predicted octanol–water partition coefficient (Wildman–Crippen LogP) is 11.5. The third kappa shape index (κ3) is 13.4. The van der Waals surface area contributed by atoms with Crippen molar-refractivity contribution >= 4 is 86.9 Å². The van der Waals surface area contributed by atoms with Gasteiger partial charge in [0.15, 0.2) is 7.05 Å². The number of piperazine rings is 3. The summed E-state index contributed by atoms with van der Waals surface area (Å²) in [7, 11) is 1.47. The van der Waals surface area contributed by atoms with Crippen molar-refractivity contribution in [2.45, 2.75) is 20.8 Å². The molecule has 0 N–H and O–H groups in total. The number of amides is 3. The van der Waals surface area contributed by atoms with Crippen LogP contribution < -0.4 is 14.7 Å². The van der Waals surface area contributed by atoms with Crippen molar-refractivity contribution in [2.24, 2.45) is 0 Å². The Labute approximate surface area is 431 Å². The van der Waals surface area contributed by atoms with Crippen molar-refractivity contribution in [1.29, 1.82) is 0 Å². The maximum Gasteiger partial charge on any atom is 0.255 e. The fourth-order valence-corrected chi connectivity index (χ4v) is 9.04. The molecule has 3 fully saturated rings. The standard InChI is InChI=1S/C19H21ClN2O.C18H18Cl2N3O2.C18H19ClN2O/c1-14-3-4-16(13-15(14)2)19(23)22-11-9-21(10-12-22)18-7-5-17(20)6-8-18;1-21(25)14-3-5-15(6-4-14)22-8-10-23(11-9-22)18(24)13-2-7-16(19)17(20)12-13;1-14-7-8-16(13-17(14)19)20-9-11-21(12-10-20)18(22)15-5-3-2-4-6-15/h3-8,13H,9-12H2,1-2H3;2-7,12H,8-11H2,1H3;2-8,13H,9-12H2,1H3/q;+1;. The largest absolute Gasteiger partial charge is 0.368 e. The molecule has 15 heteroatoms. The van der Waals surface area contributed by atoms with Gasteiger partial charge < -0.3 is 29.4 Å². The highest BCUT2D eigenvalue weighted by Gasteiger charge is 2.26. The molecule has 3 aliphatic rings. The number of halogens is 4. The van der Waals surface area contributed by atoms with E-state index in [4.69, 9.17) is 46.4 Å². The number of aryl methyl sites for hydroxylation is 3. The molecule has 364 valence electrons. The lowest BCUT2D eigenvalue weighted by Gasteiger charge is -2.36. The van der Waals surface area contributed by atoms with E-state index in [1.54, 1.807) is 30.3 Å². The van der Waals surface area contributed by atoms with Gasteiger partial charge in [-0.05, 0) is 128 Å². The van der Waals surface area contributed by atoms with Crippen molar-refractivity contribution in [2.75, 3.05) is 100 Å².